The summed E-state index contributed by atoms with van der Waals surface area (Å²) in [5.41, 5.74) is 8.77. The van der Waals surface area contributed by atoms with Crippen LogP contribution >= 0.6 is 0 Å². The standard InChI is InChI=1S/C16H27NO/c1-7-14(17)15(16(4,5)6)18-13-9-8-11(2)12(3)10-13/h8-10,14-15H,7,17H2,1-6H3. The third kappa shape index (κ3) is 3.74. The molecule has 1 rings (SSSR count). The Hall–Kier alpha value is -1.02. The third-order valence-corrected chi connectivity index (χ3v) is 3.46. The van der Waals surface area contributed by atoms with E-state index in [0.29, 0.717) is 0 Å². The summed E-state index contributed by atoms with van der Waals surface area (Å²) in [7, 11) is 0. The average molecular weight is 249 g/mol. The van der Waals surface area contributed by atoms with Gasteiger partial charge in [0.2, 0.25) is 0 Å². The van der Waals surface area contributed by atoms with Crippen LogP contribution in [0.5, 0.6) is 5.75 Å². The average Bonchev–Trinajstić information content (AvgIpc) is 2.28. The minimum absolute atomic E-state index is 0.0320. The second kappa shape index (κ2) is 5.75. The van der Waals surface area contributed by atoms with Crippen molar-refractivity contribution < 1.29 is 4.74 Å². The Morgan fingerprint density at radius 2 is 1.78 bits per heavy atom. The van der Waals surface area contributed by atoms with E-state index in [4.69, 9.17) is 10.5 Å². The van der Waals surface area contributed by atoms with Crippen LogP contribution in [0.25, 0.3) is 0 Å². The van der Waals surface area contributed by atoms with E-state index in [0.717, 1.165) is 12.2 Å². The summed E-state index contributed by atoms with van der Waals surface area (Å²) in [5.74, 6) is 0.918. The van der Waals surface area contributed by atoms with Crippen LogP contribution in [0.4, 0.5) is 0 Å². The van der Waals surface area contributed by atoms with Gasteiger partial charge in [0.1, 0.15) is 11.9 Å². The van der Waals surface area contributed by atoms with Gasteiger partial charge in [0.05, 0.1) is 0 Å². The van der Waals surface area contributed by atoms with Crippen LogP contribution in [-0.2, 0) is 0 Å². The molecule has 0 aliphatic rings. The summed E-state index contributed by atoms with van der Waals surface area (Å²) in [4.78, 5) is 0. The van der Waals surface area contributed by atoms with Crippen LogP contribution < -0.4 is 10.5 Å². The molecule has 1 aromatic rings. The predicted molar refractivity (Wildman–Crippen MR) is 78.1 cm³/mol. The molecule has 0 saturated carbocycles. The molecule has 0 aromatic heterocycles. The highest BCUT2D eigenvalue weighted by Crippen LogP contribution is 2.28. The van der Waals surface area contributed by atoms with Crippen molar-refractivity contribution in [3.8, 4) is 5.75 Å². The molecule has 1 aromatic carbocycles. The summed E-state index contributed by atoms with van der Waals surface area (Å²) in [6.07, 6.45) is 0.955. The maximum absolute atomic E-state index is 6.19. The maximum Gasteiger partial charge on any atom is 0.120 e. The summed E-state index contributed by atoms with van der Waals surface area (Å²) in [6.45, 7) is 12.8. The molecule has 0 aliphatic heterocycles. The fourth-order valence-electron chi connectivity index (χ4n) is 2.05. The van der Waals surface area contributed by atoms with Crippen molar-refractivity contribution in [1.82, 2.24) is 0 Å². The maximum atomic E-state index is 6.19. The van der Waals surface area contributed by atoms with Gasteiger partial charge in [-0.3, -0.25) is 0 Å². The van der Waals surface area contributed by atoms with Crippen LogP contribution in [0.1, 0.15) is 45.2 Å². The molecule has 2 atom stereocenters. The highest BCUT2D eigenvalue weighted by atomic mass is 16.5. The molecule has 102 valence electrons. The quantitative estimate of drug-likeness (QED) is 0.880. The first-order chi connectivity index (χ1) is 8.25. The van der Waals surface area contributed by atoms with E-state index >= 15 is 0 Å². The first-order valence-corrected chi connectivity index (χ1v) is 6.75. The van der Waals surface area contributed by atoms with E-state index in [-0.39, 0.29) is 17.6 Å². The van der Waals surface area contributed by atoms with Crippen molar-refractivity contribution in [3.05, 3.63) is 29.3 Å². The van der Waals surface area contributed by atoms with Gasteiger partial charge in [-0.25, -0.2) is 0 Å². The Morgan fingerprint density at radius 1 is 1.17 bits per heavy atom. The van der Waals surface area contributed by atoms with Crippen LogP contribution in [-0.4, -0.2) is 12.1 Å². The molecule has 0 bridgehead atoms. The normalized spacial score (nSPS) is 15.3. The topological polar surface area (TPSA) is 35.2 Å². The molecule has 0 aliphatic carbocycles. The molecule has 18 heavy (non-hydrogen) atoms. The lowest BCUT2D eigenvalue weighted by Gasteiger charge is -2.35. The molecule has 2 unspecified atom stereocenters. The van der Waals surface area contributed by atoms with Crippen molar-refractivity contribution >= 4 is 0 Å². The lowest BCUT2D eigenvalue weighted by molar-refractivity contribution is 0.0621. The summed E-state index contributed by atoms with van der Waals surface area (Å²) in [6, 6.07) is 6.29. The number of hydrogen-bond donors (Lipinski definition) is 1. The van der Waals surface area contributed by atoms with Crippen molar-refractivity contribution in [1.29, 1.82) is 0 Å². The van der Waals surface area contributed by atoms with Gasteiger partial charge in [-0.2, -0.15) is 0 Å². The highest BCUT2D eigenvalue weighted by molar-refractivity contribution is 5.34. The molecular weight excluding hydrogens is 222 g/mol. The predicted octanol–water partition coefficient (Wildman–Crippen LogP) is 3.83. The van der Waals surface area contributed by atoms with Gasteiger partial charge in [-0.15, -0.1) is 0 Å². The molecule has 0 saturated heterocycles. The van der Waals surface area contributed by atoms with E-state index in [9.17, 15) is 0 Å². The second-order valence-electron chi connectivity index (χ2n) is 6.22. The Bertz CT molecular complexity index is 393. The monoisotopic (exact) mass is 249 g/mol. The molecule has 2 N–H and O–H groups in total. The molecule has 0 radical (unpaired) electrons. The Labute approximate surface area is 112 Å². The van der Waals surface area contributed by atoms with Gasteiger partial charge in [0.15, 0.2) is 0 Å². The van der Waals surface area contributed by atoms with Gasteiger partial charge in [-0.05, 0) is 43.5 Å². The zero-order valence-electron chi connectivity index (χ0n) is 12.6. The summed E-state index contributed by atoms with van der Waals surface area (Å²) in [5, 5.41) is 0. The largest absolute Gasteiger partial charge is 0.488 e. The van der Waals surface area contributed by atoms with Crippen molar-refractivity contribution in [2.24, 2.45) is 11.1 Å². The molecular formula is C16H27NO. The third-order valence-electron chi connectivity index (χ3n) is 3.46. The van der Waals surface area contributed by atoms with E-state index in [1.165, 1.54) is 11.1 Å². The number of benzene rings is 1. The van der Waals surface area contributed by atoms with Gasteiger partial charge >= 0.3 is 0 Å². The van der Waals surface area contributed by atoms with E-state index in [2.05, 4.69) is 53.7 Å². The van der Waals surface area contributed by atoms with Crippen LogP contribution in [0.3, 0.4) is 0 Å². The number of aryl methyl sites for hydroxylation is 2. The Balaban J connectivity index is 2.93. The number of ether oxygens (including phenoxy) is 1. The molecule has 0 heterocycles. The van der Waals surface area contributed by atoms with Gasteiger partial charge in [0, 0.05) is 11.5 Å². The Morgan fingerprint density at radius 3 is 2.22 bits per heavy atom. The molecule has 0 spiro atoms. The smallest absolute Gasteiger partial charge is 0.120 e. The minimum atomic E-state index is 0.0320. The number of nitrogens with two attached hydrogens (primary N) is 1. The zero-order chi connectivity index (χ0) is 13.9. The number of rotatable bonds is 4. The zero-order valence-corrected chi connectivity index (χ0v) is 12.6. The first-order valence-electron chi connectivity index (χ1n) is 6.75. The fraction of sp³-hybridized carbons (Fsp3) is 0.625. The highest BCUT2D eigenvalue weighted by Gasteiger charge is 2.31. The minimum Gasteiger partial charge on any atom is -0.488 e. The summed E-state index contributed by atoms with van der Waals surface area (Å²) < 4.78 is 6.14. The molecule has 0 fully saturated rings. The van der Waals surface area contributed by atoms with Crippen molar-refractivity contribution in [2.45, 2.75) is 60.1 Å². The van der Waals surface area contributed by atoms with E-state index in [1.807, 2.05) is 6.07 Å². The van der Waals surface area contributed by atoms with Crippen LogP contribution in [0.2, 0.25) is 0 Å². The van der Waals surface area contributed by atoms with Crippen LogP contribution in [0, 0.1) is 19.3 Å². The lowest BCUT2D eigenvalue weighted by Crippen LogP contribution is -2.47. The van der Waals surface area contributed by atoms with Crippen molar-refractivity contribution in [3.63, 3.8) is 0 Å². The molecule has 0 amide bonds. The lowest BCUT2D eigenvalue weighted by atomic mass is 9.84. The number of hydrogen-bond acceptors (Lipinski definition) is 2. The van der Waals surface area contributed by atoms with E-state index in [1.54, 1.807) is 0 Å². The molecule has 2 nitrogen and oxygen atoms in total. The SMILES string of the molecule is CCC(N)C(Oc1ccc(C)c(C)c1)C(C)(C)C. The van der Waals surface area contributed by atoms with E-state index < -0.39 is 0 Å². The Kier molecular flexibility index (Phi) is 4.80. The molecule has 2 heteroatoms. The van der Waals surface area contributed by atoms with Gasteiger partial charge < -0.3 is 10.5 Å². The van der Waals surface area contributed by atoms with Crippen LogP contribution in [0.15, 0.2) is 18.2 Å². The van der Waals surface area contributed by atoms with Gasteiger partial charge in [-0.1, -0.05) is 33.8 Å². The van der Waals surface area contributed by atoms with Crippen molar-refractivity contribution in [2.75, 3.05) is 0 Å². The first kappa shape index (κ1) is 15.0. The second-order valence-corrected chi connectivity index (χ2v) is 6.22. The van der Waals surface area contributed by atoms with Gasteiger partial charge in [0.25, 0.3) is 0 Å². The fourth-order valence-corrected chi connectivity index (χ4v) is 2.05. The summed E-state index contributed by atoms with van der Waals surface area (Å²) >= 11 is 0.